The van der Waals surface area contributed by atoms with E-state index in [1.807, 2.05) is 11.3 Å². The Labute approximate surface area is 104 Å². The van der Waals surface area contributed by atoms with Gasteiger partial charge in [-0.25, -0.2) is 0 Å². The molecule has 0 aromatic carbocycles. The van der Waals surface area contributed by atoms with Crippen molar-refractivity contribution < 1.29 is 0 Å². The lowest BCUT2D eigenvalue weighted by atomic mass is 9.97. The molecule has 2 aliphatic rings. The Kier molecular flexibility index (Phi) is 2.23. The standard InChI is InChI=1S/C12H16N4S/c1-2-9-10(3-1)17-12-15-14-11(16(9)12)8-4-6-13-7-5-8/h8,13H,1-7H2. The first kappa shape index (κ1) is 10.0. The molecule has 2 aromatic rings. The molecule has 0 saturated carbocycles. The van der Waals surface area contributed by atoms with Crippen LogP contribution in [-0.4, -0.2) is 27.7 Å². The number of thiazole rings is 1. The molecule has 0 atom stereocenters. The SMILES string of the molecule is C1Cc2sc3nnc(C4CCNCC4)n3c2C1. The van der Waals surface area contributed by atoms with Crippen molar-refractivity contribution in [3.05, 3.63) is 16.4 Å². The van der Waals surface area contributed by atoms with Crippen LogP contribution in [-0.2, 0) is 12.8 Å². The Bertz CT molecular complexity index is 550. The van der Waals surface area contributed by atoms with Crippen molar-refractivity contribution in [3.8, 4) is 0 Å². The number of fused-ring (bicyclic) bond motifs is 3. The van der Waals surface area contributed by atoms with Gasteiger partial charge < -0.3 is 5.32 Å². The molecule has 2 aromatic heterocycles. The van der Waals surface area contributed by atoms with E-state index in [2.05, 4.69) is 19.9 Å². The summed E-state index contributed by atoms with van der Waals surface area (Å²) in [6.07, 6.45) is 6.16. The van der Waals surface area contributed by atoms with Crippen molar-refractivity contribution in [1.82, 2.24) is 19.9 Å². The summed E-state index contributed by atoms with van der Waals surface area (Å²) < 4.78 is 2.36. The van der Waals surface area contributed by atoms with Gasteiger partial charge in [-0.05, 0) is 45.2 Å². The molecule has 5 heteroatoms. The number of rotatable bonds is 1. The molecule has 0 bridgehead atoms. The molecule has 3 heterocycles. The molecule has 1 N–H and O–H groups in total. The number of aryl methyl sites for hydroxylation is 2. The molecule has 17 heavy (non-hydrogen) atoms. The van der Waals surface area contributed by atoms with E-state index < -0.39 is 0 Å². The Balaban J connectivity index is 1.83. The average molecular weight is 248 g/mol. The Morgan fingerprint density at radius 1 is 1.18 bits per heavy atom. The summed E-state index contributed by atoms with van der Waals surface area (Å²) in [5.74, 6) is 1.83. The Morgan fingerprint density at radius 2 is 2.06 bits per heavy atom. The minimum absolute atomic E-state index is 0.602. The van der Waals surface area contributed by atoms with E-state index in [0.717, 1.165) is 18.1 Å². The summed E-state index contributed by atoms with van der Waals surface area (Å²) in [4.78, 5) is 2.66. The quantitative estimate of drug-likeness (QED) is 0.836. The van der Waals surface area contributed by atoms with Crippen LogP contribution in [0.4, 0.5) is 0 Å². The molecule has 1 fully saturated rings. The van der Waals surface area contributed by atoms with E-state index in [-0.39, 0.29) is 0 Å². The highest BCUT2D eigenvalue weighted by Crippen LogP contribution is 2.34. The summed E-state index contributed by atoms with van der Waals surface area (Å²) >= 11 is 1.84. The highest BCUT2D eigenvalue weighted by atomic mass is 32.1. The van der Waals surface area contributed by atoms with Gasteiger partial charge in [0.15, 0.2) is 0 Å². The van der Waals surface area contributed by atoms with Gasteiger partial charge in [-0.3, -0.25) is 4.40 Å². The third kappa shape index (κ3) is 1.45. The summed E-state index contributed by atoms with van der Waals surface area (Å²) in [5, 5.41) is 12.2. The van der Waals surface area contributed by atoms with Crippen LogP contribution in [0.15, 0.2) is 0 Å². The highest BCUT2D eigenvalue weighted by Gasteiger charge is 2.26. The summed E-state index contributed by atoms with van der Waals surface area (Å²) in [7, 11) is 0. The molecule has 0 radical (unpaired) electrons. The smallest absolute Gasteiger partial charge is 0.216 e. The van der Waals surface area contributed by atoms with Crippen LogP contribution in [0.1, 0.15) is 41.6 Å². The minimum atomic E-state index is 0.602. The number of nitrogens with zero attached hydrogens (tertiary/aromatic N) is 3. The lowest BCUT2D eigenvalue weighted by Crippen LogP contribution is -2.27. The van der Waals surface area contributed by atoms with Gasteiger partial charge in [0.05, 0.1) is 0 Å². The molecule has 0 amide bonds. The van der Waals surface area contributed by atoms with Gasteiger partial charge in [0.2, 0.25) is 4.96 Å². The third-order valence-electron chi connectivity index (χ3n) is 3.99. The molecule has 1 aliphatic carbocycles. The topological polar surface area (TPSA) is 42.2 Å². The fraction of sp³-hybridized carbons (Fsp3) is 0.667. The third-order valence-corrected chi connectivity index (χ3v) is 5.12. The zero-order chi connectivity index (χ0) is 11.2. The predicted molar refractivity (Wildman–Crippen MR) is 67.7 cm³/mol. The monoisotopic (exact) mass is 248 g/mol. The molecule has 4 rings (SSSR count). The van der Waals surface area contributed by atoms with Crippen molar-refractivity contribution >= 4 is 16.3 Å². The molecular weight excluding hydrogens is 232 g/mol. The number of piperidine rings is 1. The highest BCUT2D eigenvalue weighted by molar-refractivity contribution is 7.17. The van der Waals surface area contributed by atoms with Gasteiger partial charge in [-0.2, -0.15) is 0 Å². The molecule has 1 aliphatic heterocycles. The number of aromatic nitrogens is 3. The second-order valence-corrected chi connectivity index (χ2v) is 6.09. The lowest BCUT2D eigenvalue weighted by molar-refractivity contribution is 0.442. The van der Waals surface area contributed by atoms with E-state index in [9.17, 15) is 0 Å². The second-order valence-electron chi connectivity index (χ2n) is 5.03. The van der Waals surface area contributed by atoms with Crippen LogP contribution < -0.4 is 5.32 Å². The van der Waals surface area contributed by atoms with E-state index >= 15 is 0 Å². The van der Waals surface area contributed by atoms with Crippen LogP contribution in [0.25, 0.3) is 4.96 Å². The van der Waals surface area contributed by atoms with E-state index in [0.29, 0.717) is 5.92 Å². The number of nitrogens with one attached hydrogen (secondary N) is 1. The van der Waals surface area contributed by atoms with Gasteiger partial charge in [0, 0.05) is 16.5 Å². The fourth-order valence-electron chi connectivity index (χ4n) is 3.10. The zero-order valence-corrected chi connectivity index (χ0v) is 10.6. The zero-order valence-electron chi connectivity index (χ0n) is 9.78. The molecule has 0 unspecified atom stereocenters. The van der Waals surface area contributed by atoms with Crippen LogP contribution in [0, 0.1) is 0 Å². The Hall–Kier alpha value is -0.940. The van der Waals surface area contributed by atoms with Crippen molar-refractivity contribution in [2.75, 3.05) is 13.1 Å². The van der Waals surface area contributed by atoms with Crippen LogP contribution >= 0.6 is 11.3 Å². The maximum absolute atomic E-state index is 4.45. The summed E-state index contributed by atoms with van der Waals surface area (Å²) in [6, 6.07) is 0. The molecule has 4 nitrogen and oxygen atoms in total. The number of hydrogen-bond donors (Lipinski definition) is 1. The van der Waals surface area contributed by atoms with Crippen LogP contribution in [0.2, 0.25) is 0 Å². The lowest BCUT2D eigenvalue weighted by Gasteiger charge is -2.21. The maximum Gasteiger partial charge on any atom is 0.216 e. The van der Waals surface area contributed by atoms with Gasteiger partial charge in [-0.15, -0.1) is 10.2 Å². The van der Waals surface area contributed by atoms with Crippen molar-refractivity contribution in [2.24, 2.45) is 0 Å². The summed E-state index contributed by atoms with van der Waals surface area (Å²) in [6.45, 7) is 2.23. The summed E-state index contributed by atoms with van der Waals surface area (Å²) in [5.41, 5.74) is 1.50. The molecular formula is C12H16N4S. The molecule has 90 valence electrons. The number of hydrogen-bond acceptors (Lipinski definition) is 4. The normalized spacial score (nSPS) is 21.2. The largest absolute Gasteiger partial charge is 0.317 e. The van der Waals surface area contributed by atoms with E-state index in [1.54, 1.807) is 4.88 Å². The van der Waals surface area contributed by atoms with Gasteiger partial charge >= 0.3 is 0 Å². The minimum Gasteiger partial charge on any atom is -0.317 e. The Morgan fingerprint density at radius 3 is 2.94 bits per heavy atom. The van der Waals surface area contributed by atoms with E-state index in [1.165, 1.54) is 43.6 Å². The molecule has 0 spiro atoms. The van der Waals surface area contributed by atoms with Crippen molar-refractivity contribution in [1.29, 1.82) is 0 Å². The van der Waals surface area contributed by atoms with Crippen LogP contribution in [0.3, 0.4) is 0 Å². The van der Waals surface area contributed by atoms with Gasteiger partial charge in [0.1, 0.15) is 5.82 Å². The molecule has 1 saturated heterocycles. The first-order valence-corrected chi connectivity index (χ1v) is 7.31. The second kappa shape index (κ2) is 3.78. The van der Waals surface area contributed by atoms with E-state index in [4.69, 9.17) is 0 Å². The van der Waals surface area contributed by atoms with Gasteiger partial charge in [-0.1, -0.05) is 11.3 Å². The fourth-order valence-corrected chi connectivity index (χ4v) is 4.26. The average Bonchev–Trinajstić information content (AvgIpc) is 3.00. The van der Waals surface area contributed by atoms with Gasteiger partial charge in [0.25, 0.3) is 0 Å². The predicted octanol–water partition coefficient (Wildman–Crippen LogP) is 1.75. The first-order valence-electron chi connectivity index (χ1n) is 6.50. The maximum atomic E-state index is 4.45. The van der Waals surface area contributed by atoms with Crippen molar-refractivity contribution in [3.63, 3.8) is 0 Å². The first-order chi connectivity index (χ1) is 8.43. The van der Waals surface area contributed by atoms with Crippen molar-refractivity contribution in [2.45, 2.75) is 38.0 Å². The van der Waals surface area contributed by atoms with Crippen LogP contribution in [0.5, 0.6) is 0 Å².